The van der Waals surface area contributed by atoms with Crippen molar-refractivity contribution in [3.63, 3.8) is 0 Å². The first-order valence-electron chi connectivity index (χ1n) is 6.34. The maximum atomic E-state index is 11.6. The van der Waals surface area contributed by atoms with E-state index in [1.54, 1.807) is 7.11 Å². The minimum absolute atomic E-state index is 0. The van der Waals surface area contributed by atoms with Crippen LogP contribution in [0.15, 0.2) is 24.3 Å². The monoisotopic (exact) mass is 284 g/mol. The fourth-order valence-corrected chi connectivity index (χ4v) is 1.82. The molecule has 1 aliphatic rings. The Morgan fingerprint density at radius 1 is 1.37 bits per heavy atom. The molecule has 1 aromatic carbocycles. The molecule has 106 valence electrons. The molecule has 0 radical (unpaired) electrons. The normalized spacial score (nSPS) is 15.3. The number of nitrogens with one attached hydrogen (secondary N) is 1. The topological polar surface area (TPSA) is 64.3 Å². The number of methoxy groups -OCH3 is 1. The molecule has 1 fully saturated rings. The predicted octanol–water partition coefficient (Wildman–Crippen LogP) is 1.66. The number of hydrogen-bond donors (Lipinski definition) is 2. The van der Waals surface area contributed by atoms with Crippen molar-refractivity contribution in [3.05, 3.63) is 29.8 Å². The van der Waals surface area contributed by atoms with Gasteiger partial charge in [-0.05, 0) is 43.4 Å². The van der Waals surface area contributed by atoms with E-state index in [2.05, 4.69) is 5.32 Å². The van der Waals surface area contributed by atoms with Gasteiger partial charge in [0.05, 0.1) is 12.6 Å². The third-order valence-corrected chi connectivity index (χ3v) is 3.33. The summed E-state index contributed by atoms with van der Waals surface area (Å²) in [5.74, 6) is 0.864. The lowest BCUT2D eigenvalue weighted by atomic mass is 10.1. The van der Waals surface area contributed by atoms with E-state index in [1.807, 2.05) is 24.3 Å². The molecule has 1 amide bonds. The van der Waals surface area contributed by atoms with Gasteiger partial charge in [-0.2, -0.15) is 0 Å². The summed E-state index contributed by atoms with van der Waals surface area (Å²) in [5, 5.41) is 2.89. The average molecular weight is 285 g/mol. The van der Waals surface area contributed by atoms with Crippen LogP contribution in [0.2, 0.25) is 0 Å². The molecule has 0 spiro atoms. The number of hydrogen-bond acceptors (Lipinski definition) is 3. The van der Waals surface area contributed by atoms with Crippen molar-refractivity contribution < 1.29 is 9.53 Å². The van der Waals surface area contributed by atoms with Crippen molar-refractivity contribution in [2.24, 2.45) is 5.73 Å². The largest absolute Gasteiger partial charge is 0.497 e. The van der Waals surface area contributed by atoms with Crippen LogP contribution in [0.25, 0.3) is 0 Å². The summed E-state index contributed by atoms with van der Waals surface area (Å²) in [6, 6.07) is 8.00. The van der Waals surface area contributed by atoms with E-state index in [0.717, 1.165) is 31.4 Å². The first-order chi connectivity index (χ1) is 8.64. The Labute approximate surface area is 120 Å². The molecule has 2 rings (SSSR count). The lowest BCUT2D eigenvalue weighted by Crippen LogP contribution is -2.43. The van der Waals surface area contributed by atoms with E-state index in [1.165, 1.54) is 5.56 Å². The number of nitrogens with two attached hydrogens (primary N) is 1. The van der Waals surface area contributed by atoms with Gasteiger partial charge in [0.2, 0.25) is 5.91 Å². The number of rotatable bonds is 6. The first kappa shape index (κ1) is 15.8. The number of carbonyl (C=O) groups excluding carboxylic acids is 1. The van der Waals surface area contributed by atoms with E-state index in [9.17, 15) is 4.79 Å². The second kappa shape index (κ2) is 6.78. The fourth-order valence-electron chi connectivity index (χ4n) is 1.82. The zero-order valence-electron chi connectivity index (χ0n) is 11.1. The Bertz CT molecular complexity index is 416. The summed E-state index contributed by atoms with van der Waals surface area (Å²) in [6.07, 6.45) is 3.50. The molecule has 0 bridgehead atoms. The predicted molar refractivity (Wildman–Crippen MR) is 77.7 cm³/mol. The van der Waals surface area contributed by atoms with Crippen LogP contribution in [0.5, 0.6) is 5.75 Å². The third kappa shape index (κ3) is 4.40. The van der Waals surface area contributed by atoms with E-state index in [0.29, 0.717) is 6.54 Å². The molecule has 1 saturated carbocycles. The van der Waals surface area contributed by atoms with E-state index < -0.39 is 5.54 Å². The van der Waals surface area contributed by atoms with Gasteiger partial charge in [0.1, 0.15) is 5.75 Å². The summed E-state index contributed by atoms with van der Waals surface area (Å²) in [5.41, 5.74) is 6.48. The molecule has 5 heteroatoms. The molecule has 0 aromatic heterocycles. The molecule has 19 heavy (non-hydrogen) atoms. The Morgan fingerprint density at radius 3 is 2.53 bits per heavy atom. The van der Waals surface area contributed by atoms with Crippen LogP contribution in [0.1, 0.15) is 24.8 Å². The number of amides is 1. The maximum absolute atomic E-state index is 11.6. The summed E-state index contributed by atoms with van der Waals surface area (Å²) in [6.45, 7) is 0.684. The van der Waals surface area contributed by atoms with Crippen molar-refractivity contribution in [1.82, 2.24) is 5.32 Å². The second-order valence-corrected chi connectivity index (χ2v) is 4.86. The van der Waals surface area contributed by atoms with E-state index in [-0.39, 0.29) is 18.3 Å². The lowest BCUT2D eigenvalue weighted by molar-refractivity contribution is -0.123. The Morgan fingerprint density at radius 2 is 2.00 bits per heavy atom. The molecule has 0 unspecified atom stereocenters. The summed E-state index contributed by atoms with van der Waals surface area (Å²) in [7, 11) is 1.66. The molecule has 0 saturated heterocycles. The highest BCUT2D eigenvalue weighted by atomic mass is 35.5. The van der Waals surface area contributed by atoms with Gasteiger partial charge in [-0.1, -0.05) is 12.1 Å². The minimum Gasteiger partial charge on any atom is -0.497 e. The number of ether oxygens (including phenoxy) is 1. The van der Waals surface area contributed by atoms with Gasteiger partial charge in [0.25, 0.3) is 0 Å². The van der Waals surface area contributed by atoms with Crippen LogP contribution in [0, 0.1) is 0 Å². The van der Waals surface area contributed by atoms with Crippen LogP contribution in [0.4, 0.5) is 0 Å². The number of halogens is 1. The van der Waals surface area contributed by atoms with Crippen LogP contribution in [-0.4, -0.2) is 25.1 Å². The van der Waals surface area contributed by atoms with Gasteiger partial charge in [0.15, 0.2) is 0 Å². The molecule has 1 aromatic rings. The minimum atomic E-state index is -0.555. The van der Waals surface area contributed by atoms with E-state index >= 15 is 0 Å². The van der Waals surface area contributed by atoms with Crippen LogP contribution in [0.3, 0.4) is 0 Å². The summed E-state index contributed by atoms with van der Waals surface area (Å²) < 4.78 is 5.10. The molecule has 0 aliphatic heterocycles. The summed E-state index contributed by atoms with van der Waals surface area (Å²) in [4.78, 5) is 11.6. The molecule has 0 atom stereocenters. The molecule has 3 N–H and O–H groups in total. The van der Waals surface area contributed by atoms with Crippen LogP contribution in [-0.2, 0) is 11.2 Å². The highest BCUT2D eigenvalue weighted by molar-refractivity contribution is 5.88. The molecular weight excluding hydrogens is 264 g/mol. The summed E-state index contributed by atoms with van der Waals surface area (Å²) >= 11 is 0. The Hall–Kier alpha value is -1.26. The van der Waals surface area contributed by atoms with Gasteiger partial charge in [-0.25, -0.2) is 0 Å². The zero-order valence-corrected chi connectivity index (χ0v) is 12.0. The van der Waals surface area contributed by atoms with Gasteiger partial charge in [-0.15, -0.1) is 12.4 Å². The van der Waals surface area contributed by atoms with Crippen LogP contribution >= 0.6 is 12.4 Å². The van der Waals surface area contributed by atoms with E-state index in [4.69, 9.17) is 10.5 Å². The number of carbonyl (C=O) groups is 1. The van der Waals surface area contributed by atoms with Crippen LogP contribution < -0.4 is 15.8 Å². The zero-order chi connectivity index (χ0) is 13.0. The van der Waals surface area contributed by atoms with Crippen molar-refractivity contribution in [2.75, 3.05) is 13.7 Å². The van der Waals surface area contributed by atoms with Gasteiger partial charge in [-0.3, -0.25) is 4.79 Å². The van der Waals surface area contributed by atoms with Crippen molar-refractivity contribution in [2.45, 2.75) is 31.2 Å². The number of benzene rings is 1. The highest BCUT2D eigenvalue weighted by Gasteiger charge is 2.45. The first-order valence-corrected chi connectivity index (χ1v) is 6.34. The smallest absolute Gasteiger partial charge is 0.240 e. The average Bonchev–Trinajstić information content (AvgIpc) is 3.14. The van der Waals surface area contributed by atoms with Crippen molar-refractivity contribution in [3.8, 4) is 5.75 Å². The Kier molecular flexibility index (Phi) is 5.63. The molecule has 4 nitrogen and oxygen atoms in total. The standard InChI is InChI=1S/C14H20N2O2.ClH/c1-18-12-6-4-11(5-7-12)3-2-10-16-13(17)14(15)8-9-14;/h4-7H,2-3,8-10,15H2,1H3,(H,16,17);1H. The SMILES string of the molecule is COc1ccc(CCCNC(=O)C2(N)CC2)cc1.Cl. The maximum Gasteiger partial charge on any atom is 0.240 e. The third-order valence-electron chi connectivity index (χ3n) is 3.33. The van der Waals surface area contributed by atoms with Crippen molar-refractivity contribution in [1.29, 1.82) is 0 Å². The van der Waals surface area contributed by atoms with Crippen molar-refractivity contribution >= 4 is 18.3 Å². The number of aryl methyl sites for hydroxylation is 1. The molecule has 1 aliphatic carbocycles. The quantitative estimate of drug-likeness (QED) is 0.781. The fraction of sp³-hybridized carbons (Fsp3) is 0.500. The molecule has 0 heterocycles. The van der Waals surface area contributed by atoms with Gasteiger partial charge in [0, 0.05) is 6.54 Å². The van der Waals surface area contributed by atoms with Gasteiger partial charge < -0.3 is 15.8 Å². The highest BCUT2D eigenvalue weighted by Crippen LogP contribution is 2.31. The Balaban J connectivity index is 0.00000180. The lowest BCUT2D eigenvalue weighted by Gasteiger charge is -2.09. The van der Waals surface area contributed by atoms with Gasteiger partial charge >= 0.3 is 0 Å². The molecular formula is C14H21ClN2O2. The second-order valence-electron chi connectivity index (χ2n) is 4.86.